The lowest BCUT2D eigenvalue weighted by molar-refractivity contribution is 0.584. The van der Waals surface area contributed by atoms with E-state index in [0.717, 1.165) is 12.1 Å². The van der Waals surface area contributed by atoms with Crippen molar-refractivity contribution in [3.8, 4) is 0 Å². The Morgan fingerprint density at radius 2 is 1.70 bits per heavy atom. The zero-order valence-electron chi connectivity index (χ0n) is 10.4. The van der Waals surface area contributed by atoms with Crippen LogP contribution in [0, 0.1) is 11.6 Å². The van der Waals surface area contributed by atoms with Crippen LogP contribution in [0.15, 0.2) is 30.3 Å². The zero-order valence-corrected chi connectivity index (χ0v) is 12.6. The molecule has 1 atom stereocenters. The summed E-state index contributed by atoms with van der Waals surface area (Å²) in [6, 6.07) is 6.45. The monoisotopic (exact) mass is 335 g/mol. The van der Waals surface area contributed by atoms with Gasteiger partial charge in [-0.05, 0) is 36.8 Å². The van der Waals surface area contributed by atoms with Crippen LogP contribution >= 0.6 is 34.8 Å². The average Bonchev–Trinajstić information content (AvgIpc) is 2.36. The van der Waals surface area contributed by atoms with Crippen LogP contribution in [-0.2, 0) is 0 Å². The normalized spacial score (nSPS) is 12.3. The van der Waals surface area contributed by atoms with Gasteiger partial charge in [-0.15, -0.1) is 0 Å². The fraction of sp³-hybridized carbons (Fsp3) is 0.143. The van der Waals surface area contributed by atoms with Crippen LogP contribution in [0.5, 0.6) is 0 Å². The molecular weight excluding hydrogens is 327 g/mol. The van der Waals surface area contributed by atoms with E-state index >= 15 is 0 Å². The Morgan fingerprint density at radius 3 is 2.35 bits per heavy atom. The molecule has 0 saturated heterocycles. The van der Waals surface area contributed by atoms with Crippen molar-refractivity contribution in [3.63, 3.8) is 0 Å². The number of halogens is 5. The standard InChI is InChI=1S/C14H10Cl3F2N/c1-7(10-4-8(15)2-3-11(10)16)20-14-12(17)5-9(18)6-13(14)19/h2-7,20H,1H3. The topological polar surface area (TPSA) is 12.0 Å². The van der Waals surface area contributed by atoms with Gasteiger partial charge in [-0.25, -0.2) is 8.78 Å². The summed E-state index contributed by atoms with van der Waals surface area (Å²) < 4.78 is 26.7. The maximum Gasteiger partial charge on any atom is 0.150 e. The van der Waals surface area contributed by atoms with Crippen LogP contribution in [0.1, 0.15) is 18.5 Å². The smallest absolute Gasteiger partial charge is 0.150 e. The molecule has 0 aliphatic heterocycles. The van der Waals surface area contributed by atoms with Crippen LogP contribution in [0.4, 0.5) is 14.5 Å². The summed E-state index contributed by atoms with van der Waals surface area (Å²) >= 11 is 17.8. The van der Waals surface area contributed by atoms with Crippen molar-refractivity contribution < 1.29 is 8.78 Å². The van der Waals surface area contributed by atoms with Gasteiger partial charge in [0.1, 0.15) is 5.82 Å². The van der Waals surface area contributed by atoms with Crippen LogP contribution < -0.4 is 5.32 Å². The summed E-state index contributed by atoms with van der Waals surface area (Å²) in [6.07, 6.45) is 0. The first-order valence-electron chi connectivity index (χ1n) is 5.74. The second-order valence-corrected chi connectivity index (χ2v) is 5.53. The van der Waals surface area contributed by atoms with E-state index in [9.17, 15) is 8.78 Å². The number of benzene rings is 2. The molecule has 0 saturated carbocycles. The Morgan fingerprint density at radius 1 is 1.00 bits per heavy atom. The van der Waals surface area contributed by atoms with Gasteiger partial charge >= 0.3 is 0 Å². The Bertz CT molecular complexity index is 623. The highest BCUT2D eigenvalue weighted by molar-refractivity contribution is 6.34. The highest BCUT2D eigenvalue weighted by Gasteiger charge is 2.15. The van der Waals surface area contributed by atoms with Crippen molar-refractivity contribution in [3.05, 3.63) is 62.6 Å². The molecule has 106 valence electrons. The molecule has 1 N–H and O–H groups in total. The van der Waals surface area contributed by atoms with E-state index < -0.39 is 11.6 Å². The van der Waals surface area contributed by atoms with E-state index in [1.54, 1.807) is 25.1 Å². The van der Waals surface area contributed by atoms with Gasteiger partial charge in [-0.3, -0.25) is 0 Å². The molecule has 2 aromatic carbocycles. The SMILES string of the molecule is CC(Nc1c(F)cc(F)cc1Cl)c1cc(Cl)ccc1Cl. The maximum atomic E-state index is 13.7. The van der Waals surface area contributed by atoms with E-state index in [0.29, 0.717) is 15.6 Å². The molecule has 0 aliphatic rings. The number of anilines is 1. The minimum atomic E-state index is -0.764. The Hall–Kier alpha value is -1.03. The van der Waals surface area contributed by atoms with Gasteiger partial charge in [0.25, 0.3) is 0 Å². The van der Waals surface area contributed by atoms with E-state index in [1.165, 1.54) is 0 Å². The first-order chi connectivity index (χ1) is 9.38. The van der Waals surface area contributed by atoms with Gasteiger partial charge in [0.15, 0.2) is 5.82 Å². The lowest BCUT2D eigenvalue weighted by Gasteiger charge is -2.18. The molecule has 6 heteroatoms. The second kappa shape index (κ2) is 6.17. The molecule has 0 spiro atoms. The fourth-order valence-electron chi connectivity index (χ4n) is 1.82. The minimum Gasteiger partial charge on any atom is -0.375 e. The molecule has 2 aromatic rings. The van der Waals surface area contributed by atoms with Crippen molar-refractivity contribution in [1.82, 2.24) is 0 Å². The molecule has 0 aliphatic carbocycles. The highest BCUT2D eigenvalue weighted by Crippen LogP contribution is 2.33. The Balaban J connectivity index is 2.32. The van der Waals surface area contributed by atoms with Crippen LogP contribution in [-0.4, -0.2) is 0 Å². The molecule has 20 heavy (non-hydrogen) atoms. The third kappa shape index (κ3) is 3.35. The molecule has 0 fully saturated rings. The second-order valence-electron chi connectivity index (χ2n) is 4.28. The molecule has 2 rings (SSSR count). The molecular formula is C14H10Cl3F2N. The van der Waals surface area contributed by atoms with Gasteiger partial charge in [-0.2, -0.15) is 0 Å². The van der Waals surface area contributed by atoms with E-state index in [-0.39, 0.29) is 16.8 Å². The van der Waals surface area contributed by atoms with E-state index in [2.05, 4.69) is 5.32 Å². The van der Waals surface area contributed by atoms with Gasteiger partial charge in [0.05, 0.1) is 16.8 Å². The van der Waals surface area contributed by atoms with Gasteiger partial charge in [-0.1, -0.05) is 34.8 Å². The lowest BCUT2D eigenvalue weighted by Crippen LogP contribution is -2.09. The predicted octanol–water partition coefficient (Wildman–Crippen LogP) is 6.10. The molecule has 1 nitrogen and oxygen atoms in total. The molecule has 0 heterocycles. The zero-order chi connectivity index (χ0) is 14.9. The number of hydrogen-bond donors (Lipinski definition) is 1. The first-order valence-corrected chi connectivity index (χ1v) is 6.88. The lowest BCUT2D eigenvalue weighted by atomic mass is 10.1. The van der Waals surface area contributed by atoms with E-state index in [4.69, 9.17) is 34.8 Å². The summed E-state index contributed by atoms with van der Waals surface area (Å²) in [5, 5.41) is 3.85. The summed E-state index contributed by atoms with van der Waals surface area (Å²) in [7, 11) is 0. The van der Waals surface area contributed by atoms with Gasteiger partial charge < -0.3 is 5.32 Å². The van der Waals surface area contributed by atoms with Gasteiger partial charge in [0, 0.05) is 16.1 Å². The molecule has 0 radical (unpaired) electrons. The van der Waals surface area contributed by atoms with Crippen molar-refractivity contribution in [2.45, 2.75) is 13.0 Å². The molecule has 1 unspecified atom stereocenters. The number of rotatable bonds is 3. The quantitative estimate of drug-likeness (QED) is 0.714. The predicted molar refractivity (Wildman–Crippen MR) is 79.9 cm³/mol. The van der Waals surface area contributed by atoms with Crippen LogP contribution in [0.2, 0.25) is 15.1 Å². The molecule has 0 bridgehead atoms. The van der Waals surface area contributed by atoms with Crippen molar-refractivity contribution >= 4 is 40.5 Å². The highest BCUT2D eigenvalue weighted by atomic mass is 35.5. The minimum absolute atomic E-state index is 0.0246. The Labute approximate surface area is 130 Å². The van der Waals surface area contributed by atoms with Crippen molar-refractivity contribution in [2.24, 2.45) is 0 Å². The van der Waals surface area contributed by atoms with Crippen LogP contribution in [0.25, 0.3) is 0 Å². The largest absolute Gasteiger partial charge is 0.375 e. The third-order valence-corrected chi connectivity index (χ3v) is 3.67. The van der Waals surface area contributed by atoms with Gasteiger partial charge in [0.2, 0.25) is 0 Å². The average molecular weight is 337 g/mol. The summed E-state index contributed by atoms with van der Waals surface area (Å²) in [5.41, 5.74) is 0.718. The van der Waals surface area contributed by atoms with Crippen LogP contribution in [0.3, 0.4) is 0 Å². The van der Waals surface area contributed by atoms with Crippen molar-refractivity contribution in [1.29, 1.82) is 0 Å². The summed E-state index contributed by atoms with van der Waals surface area (Å²) in [4.78, 5) is 0. The summed E-state index contributed by atoms with van der Waals surface area (Å²) in [5.74, 6) is -1.49. The summed E-state index contributed by atoms with van der Waals surface area (Å²) in [6.45, 7) is 1.77. The number of hydrogen-bond acceptors (Lipinski definition) is 1. The Kier molecular flexibility index (Phi) is 4.74. The molecule has 0 amide bonds. The fourth-order valence-corrected chi connectivity index (χ4v) is 2.53. The maximum absolute atomic E-state index is 13.7. The molecule has 0 aromatic heterocycles. The third-order valence-electron chi connectivity index (χ3n) is 2.79. The van der Waals surface area contributed by atoms with E-state index in [1.807, 2.05) is 0 Å². The first kappa shape index (κ1) is 15.4. The number of nitrogens with one attached hydrogen (secondary N) is 1. The van der Waals surface area contributed by atoms with Crippen molar-refractivity contribution in [2.75, 3.05) is 5.32 Å².